The topological polar surface area (TPSA) is 61.8 Å². The first kappa shape index (κ1) is 8.86. The molecule has 0 aromatic heterocycles. The summed E-state index contributed by atoms with van der Waals surface area (Å²) in [6.45, 7) is 0. The third-order valence-electron chi connectivity index (χ3n) is 0. The van der Waals surface area contributed by atoms with Gasteiger partial charge in [0.2, 0.25) is 4.91 Å². The molecule has 0 rings (SSSR count). The molecule has 0 unspecified atom stereocenters. The fourth-order valence-corrected chi connectivity index (χ4v) is 0. The van der Waals surface area contributed by atoms with E-state index in [1.807, 2.05) is 4.91 Å². The fourth-order valence-electron chi connectivity index (χ4n) is 0. The maximum absolute atomic E-state index is 5.50. The molecule has 0 atom stereocenters. The molecule has 2 N–H and O–H groups in total. The van der Waals surface area contributed by atoms with E-state index in [1.165, 1.54) is 0 Å². The van der Waals surface area contributed by atoms with Crippen LogP contribution in [0.25, 0.3) is 0 Å². The molecule has 0 amide bonds. The molecule has 3 nitrogen and oxygen atoms in total. The van der Waals surface area contributed by atoms with Crippen LogP contribution in [0.5, 0.6) is 0 Å². The molecule has 0 saturated heterocycles. The van der Waals surface area contributed by atoms with Crippen LogP contribution in [0.1, 0.15) is 0 Å². The zero-order valence-corrected chi connectivity index (χ0v) is 1.45. The van der Waals surface area contributed by atoms with E-state index in [0.717, 1.165) is 0 Å². The van der Waals surface area contributed by atoms with Crippen LogP contribution < -0.4 is 4.91 Å². The Bertz CT molecular complexity index is 24.3. The van der Waals surface area contributed by atoms with Gasteiger partial charge < -0.3 is 0 Å². The predicted octanol–water partition coefficient (Wildman–Crippen LogP) is -0.801. The summed E-state index contributed by atoms with van der Waals surface area (Å²) in [5.41, 5.74) is 11.0. The Kier molecular flexibility index (Phi) is 20.2. The van der Waals surface area contributed by atoms with Gasteiger partial charge in [-0.15, -0.1) is 0 Å². The molecule has 4 heteroatoms. The van der Waals surface area contributed by atoms with Crippen molar-refractivity contribution >= 4 is 48.9 Å². The van der Waals surface area contributed by atoms with Crippen molar-refractivity contribution in [3.05, 3.63) is 0 Å². The second-order valence-corrected chi connectivity index (χ2v) is 0.112. The van der Waals surface area contributed by atoms with Gasteiger partial charge in [0.25, 0.3) is 0 Å². The van der Waals surface area contributed by atoms with Crippen LogP contribution >= 0.6 is 0 Å². The van der Waals surface area contributed by atoms with E-state index >= 15 is 0 Å². The first-order valence-electron chi connectivity index (χ1n) is 0.447. The molecule has 0 saturated carbocycles. The van der Waals surface area contributed by atoms with Gasteiger partial charge in [-0.05, 0) is 0 Å². The third-order valence-corrected chi connectivity index (χ3v) is 0. The SMILES string of the molecule is N=[N+]=N.[BaH2]. The predicted molar refractivity (Wildman–Crippen MR) is 16.1 cm³/mol. The van der Waals surface area contributed by atoms with E-state index in [4.69, 9.17) is 11.1 Å². The Balaban J connectivity index is 0. The zero-order chi connectivity index (χ0) is 2.71. The summed E-state index contributed by atoms with van der Waals surface area (Å²) in [6.07, 6.45) is 0. The molecule has 0 heterocycles. The van der Waals surface area contributed by atoms with Crippen LogP contribution in [0.2, 0.25) is 0 Å². The minimum atomic E-state index is 0. The Labute approximate surface area is 63.9 Å². The second-order valence-electron chi connectivity index (χ2n) is 0.112. The molecule has 20 valence electrons. The van der Waals surface area contributed by atoms with Gasteiger partial charge in [-0.3, -0.25) is 0 Å². The van der Waals surface area contributed by atoms with Gasteiger partial charge in [0, 0.05) is 0 Å². The summed E-state index contributed by atoms with van der Waals surface area (Å²) in [5.74, 6) is 0. The molecule has 0 radical (unpaired) electrons. The molecule has 4 heavy (non-hydrogen) atoms. The summed E-state index contributed by atoms with van der Waals surface area (Å²) in [6, 6.07) is 0. The number of rotatable bonds is 0. The van der Waals surface area contributed by atoms with Crippen molar-refractivity contribution in [2.75, 3.05) is 0 Å². The molecule has 0 aliphatic heterocycles. The van der Waals surface area contributed by atoms with Crippen LogP contribution in [0.15, 0.2) is 0 Å². The molecule has 0 aliphatic rings. The summed E-state index contributed by atoms with van der Waals surface area (Å²) >= 11 is 0. The molecule has 0 fully saturated rings. The molecule has 0 aromatic rings. The number of hydrogen-bond donors (Lipinski definition) is 2. The minimum absolute atomic E-state index is 0. The first-order valence-corrected chi connectivity index (χ1v) is 0.447. The average molecular weight is 183 g/mol. The monoisotopic (exact) mass is 184 g/mol. The van der Waals surface area contributed by atoms with Crippen molar-refractivity contribution in [2.45, 2.75) is 0 Å². The van der Waals surface area contributed by atoms with E-state index < -0.39 is 0 Å². The number of nitrogens with zero attached hydrogens (tertiary/aromatic N) is 1. The molecule has 0 spiro atoms. The molecule has 0 bridgehead atoms. The molecular weight excluding hydrogens is 179 g/mol. The van der Waals surface area contributed by atoms with Crippen molar-refractivity contribution in [1.82, 2.24) is 4.91 Å². The second kappa shape index (κ2) is 9.10. The fraction of sp³-hybridized carbons (Fsp3) is 0. The zero-order valence-electron chi connectivity index (χ0n) is 1.45. The first-order chi connectivity index (χ1) is 1.41. The quantitative estimate of drug-likeness (QED) is 0.281. The summed E-state index contributed by atoms with van der Waals surface area (Å²) in [5, 5.41) is 0. The molecular formula is H4BaN3+. The summed E-state index contributed by atoms with van der Waals surface area (Å²) in [7, 11) is 0. The van der Waals surface area contributed by atoms with Gasteiger partial charge in [-0.25, -0.2) is 0 Å². The van der Waals surface area contributed by atoms with Crippen molar-refractivity contribution in [1.29, 1.82) is 11.1 Å². The van der Waals surface area contributed by atoms with E-state index in [0.29, 0.717) is 0 Å². The van der Waals surface area contributed by atoms with Gasteiger partial charge >= 0.3 is 48.9 Å². The van der Waals surface area contributed by atoms with Crippen LogP contribution in [0, 0.1) is 11.1 Å². The van der Waals surface area contributed by atoms with Crippen LogP contribution in [-0.4, -0.2) is 48.9 Å². The Morgan fingerprint density at radius 3 is 1.25 bits per heavy atom. The van der Waals surface area contributed by atoms with Gasteiger partial charge in [-0.2, -0.15) is 0 Å². The van der Waals surface area contributed by atoms with Gasteiger partial charge in [0.1, 0.15) is 11.1 Å². The van der Waals surface area contributed by atoms with E-state index in [1.54, 1.807) is 0 Å². The van der Waals surface area contributed by atoms with Crippen molar-refractivity contribution in [3.63, 3.8) is 0 Å². The summed E-state index contributed by atoms with van der Waals surface area (Å²) in [4.78, 5) is 2.00. The number of nitrogens with one attached hydrogen (secondary N) is 2. The van der Waals surface area contributed by atoms with Crippen LogP contribution in [-0.2, 0) is 0 Å². The van der Waals surface area contributed by atoms with E-state index in [2.05, 4.69) is 0 Å². The third kappa shape index (κ3) is 13.1. The van der Waals surface area contributed by atoms with Gasteiger partial charge in [0.15, 0.2) is 0 Å². The van der Waals surface area contributed by atoms with E-state index in [-0.39, 0.29) is 48.9 Å². The maximum atomic E-state index is 5.50. The molecule has 0 aromatic carbocycles. The van der Waals surface area contributed by atoms with Crippen molar-refractivity contribution in [3.8, 4) is 0 Å². The Morgan fingerprint density at radius 1 is 1.25 bits per heavy atom. The van der Waals surface area contributed by atoms with Crippen LogP contribution in [0.4, 0.5) is 0 Å². The van der Waals surface area contributed by atoms with Gasteiger partial charge in [-0.1, -0.05) is 0 Å². The van der Waals surface area contributed by atoms with E-state index in [9.17, 15) is 0 Å². The van der Waals surface area contributed by atoms with Crippen LogP contribution in [0.3, 0.4) is 0 Å². The Morgan fingerprint density at radius 2 is 1.25 bits per heavy atom. The van der Waals surface area contributed by atoms with Crippen molar-refractivity contribution < 1.29 is 0 Å². The summed E-state index contributed by atoms with van der Waals surface area (Å²) < 4.78 is 0. The number of hydrogen-bond acceptors (Lipinski definition) is 2. The Hall–Kier alpha value is 0.881. The standard InChI is InChI=1S/Ba.H2N3.2H/c;1-3-2;;/h;1-2H;;/q;+1;;. The normalized spacial score (nSPS) is 2.00. The van der Waals surface area contributed by atoms with Crippen molar-refractivity contribution in [2.24, 2.45) is 0 Å². The average Bonchev–Trinajstić information content (AvgIpc) is 0.918. The molecule has 0 aliphatic carbocycles. The van der Waals surface area contributed by atoms with Gasteiger partial charge in [0.05, 0.1) is 0 Å².